The first-order valence-electron chi connectivity index (χ1n) is 7.95. The van der Waals surface area contributed by atoms with Crippen molar-refractivity contribution in [2.45, 2.75) is 33.7 Å². The van der Waals surface area contributed by atoms with Gasteiger partial charge in [-0.05, 0) is 41.3 Å². The fourth-order valence-electron chi connectivity index (χ4n) is 2.87. The van der Waals surface area contributed by atoms with Crippen molar-refractivity contribution in [3.8, 4) is 0 Å². The zero-order valence-electron chi connectivity index (χ0n) is 13.6. The van der Waals surface area contributed by atoms with Crippen LogP contribution in [0.15, 0.2) is 42.5 Å². The SMILES string of the molecule is CCCN(Cc1cccc2ccccc12)CC(C)(C)CN. The summed E-state index contributed by atoms with van der Waals surface area (Å²) in [7, 11) is 0. The molecule has 0 aliphatic rings. The third-order valence-corrected chi connectivity index (χ3v) is 4.02. The molecular weight excluding hydrogens is 256 g/mol. The number of hydrogen-bond acceptors (Lipinski definition) is 2. The Balaban J connectivity index is 2.22. The second-order valence-electron chi connectivity index (χ2n) is 6.72. The molecule has 0 radical (unpaired) electrons. The van der Waals surface area contributed by atoms with Gasteiger partial charge in [-0.25, -0.2) is 0 Å². The van der Waals surface area contributed by atoms with Crippen molar-refractivity contribution in [3.63, 3.8) is 0 Å². The van der Waals surface area contributed by atoms with Crippen LogP contribution in [0, 0.1) is 5.41 Å². The summed E-state index contributed by atoms with van der Waals surface area (Å²) in [5.74, 6) is 0. The van der Waals surface area contributed by atoms with E-state index in [9.17, 15) is 0 Å². The van der Waals surface area contributed by atoms with E-state index in [1.807, 2.05) is 0 Å². The van der Waals surface area contributed by atoms with Gasteiger partial charge >= 0.3 is 0 Å². The van der Waals surface area contributed by atoms with Gasteiger partial charge in [0.25, 0.3) is 0 Å². The van der Waals surface area contributed by atoms with Gasteiger partial charge in [0.2, 0.25) is 0 Å². The molecule has 2 heteroatoms. The minimum Gasteiger partial charge on any atom is -0.330 e. The largest absolute Gasteiger partial charge is 0.330 e. The molecule has 0 aromatic heterocycles. The van der Waals surface area contributed by atoms with E-state index in [1.165, 1.54) is 22.8 Å². The topological polar surface area (TPSA) is 29.3 Å². The average molecular weight is 284 g/mol. The summed E-state index contributed by atoms with van der Waals surface area (Å²) in [6.45, 7) is 10.6. The average Bonchev–Trinajstić information content (AvgIpc) is 2.47. The molecule has 2 nitrogen and oxygen atoms in total. The minimum absolute atomic E-state index is 0.166. The van der Waals surface area contributed by atoms with Crippen LogP contribution in [0.1, 0.15) is 32.8 Å². The Morgan fingerprint density at radius 2 is 1.76 bits per heavy atom. The summed E-state index contributed by atoms with van der Waals surface area (Å²) in [6, 6.07) is 15.2. The fourth-order valence-corrected chi connectivity index (χ4v) is 2.87. The highest BCUT2D eigenvalue weighted by Crippen LogP contribution is 2.22. The van der Waals surface area contributed by atoms with Gasteiger partial charge < -0.3 is 5.73 Å². The lowest BCUT2D eigenvalue weighted by Crippen LogP contribution is -2.38. The van der Waals surface area contributed by atoms with Crippen molar-refractivity contribution >= 4 is 10.8 Å². The summed E-state index contributed by atoms with van der Waals surface area (Å²) in [4.78, 5) is 2.54. The van der Waals surface area contributed by atoms with E-state index in [1.54, 1.807) is 0 Å². The molecule has 2 aromatic carbocycles. The first-order valence-corrected chi connectivity index (χ1v) is 7.95. The van der Waals surface area contributed by atoms with Crippen LogP contribution in [-0.2, 0) is 6.54 Å². The molecule has 0 aliphatic heterocycles. The Morgan fingerprint density at radius 3 is 2.48 bits per heavy atom. The molecule has 0 amide bonds. The first-order chi connectivity index (χ1) is 10.1. The lowest BCUT2D eigenvalue weighted by Gasteiger charge is -2.32. The maximum Gasteiger partial charge on any atom is 0.0240 e. The maximum absolute atomic E-state index is 5.91. The summed E-state index contributed by atoms with van der Waals surface area (Å²) < 4.78 is 0. The molecule has 0 heterocycles. The van der Waals surface area contributed by atoms with Gasteiger partial charge in [0.05, 0.1) is 0 Å². The zero-order valence-corrected chi connectivity index (χ0v) is 13.6. The van der Waals surface area contributed by atoms with Gasteiger partial charge in [0.1, 0.15) is 0 Å². The van der Waals surface area contributed by atoms with E-state index < -0.39 is 0 Å². The minimum atomic E-state index is 0.166. The Labute approximate surface area is 128 Å². The molecule has 21 heavy (non-hydrogen) atoms. The first kappa shape index (κ1) is 16.0. The van der Waals surface area contributed by atoms with E-state index in [0.717, 1.165) is 26.2 Å². The molecule has 0 bridgehead atoms. The highest BCUT2D eigenvalue weighted by atomic mass is 15.1. The fraction of sp³-hybridized carbons (Fsp3) is 0.474. The molecule has 0 saturated carbocycles. The Bertz CT molecular complexity index is 569. The van der Waals surface area contributed by atoms with Gasteiger partial charge in [-0.15, -0.1) is 0 Å². The summed E-state index contributed by atoms with van der Waals surface area (Å²) in [6.07, 6.45) is 1.17. The Morgan fingerprint density at radius 1 is 1.05 bits per heavy atom. The highest BCUT2D eigenvalue weighted by Gasteiger charge is 2.20. The third kappa shape index (κ3) is 4.29. The molecule has 114 valence electrons. The summed E-state index contributed by atoms with van der Waals surface area (Å²) in [5.41, 5.74) is 7.49. The van der Waals surface area contributed by atoms with Crippen molar-refractivity contribution in [2.24, 2.45) is 11.1 Å². The quantitative estimate of drug-likeness (QED) is 0.831. The van der Waals surface area contributed by atoms with E-state index >= 15 is 0 Å². The highest BCUT2D eigenvalue weighted by molar-refractivity contribution is 5.85. The molecule has 0 atom stereocenters. The smallest absolute Gasteiger partial charge is 0.0240 e. The molecule has 0 unspecified atom stereocenters. The van der Waals surface area contributed by atoms with Crippen LogP contribution in [-0.4, -0.2) is 24.5 Å². The lowest BCUT2D eigenvalue weighted by atomic mass is 9.92. The zero-order chi connectivity index (χ0) is 15.3. The monoisotopic (exact) mass is 284 g/mol. The van der Waals surface area contributed by atoms with Gasteiger partial charge in [-0.3, -0.25) is 4.90 Å². The maximum atomic E-state index is 5.91. The Kier molecular flexibility index (Phi) is 5.38. The molecule has 0 saturated heterocycles. The second-order valence-corrected chi connectivity index (χ2v) is 6.72. The van der Waals surface area contributed by atoms with E-state index in [-0.39, 0.29) is 5.41 Å². The number of hydrogen-bond donors (Lipinski definition) is 1. The van der Waals surface area contributed by atoms with Gasteiger partial charge in [0, 0.05) is 13.1 Å². The third-order valence-electron chi connectivity index (χ3n) is 4.02. The summed E-state index contributed by atoms with van der Waals surface area (Å²) in [5, 5.41) is 2.69. The number of nitrogens with zero attached hydrogens (tertiary/aromatic N) is 1. The van der Waals surface area contributed by atoms with Crippen molar-refractivity contribution < 1.29 is 0 Å². The standard InChI is InChI=1S/C19H28N2/c1-4-12-21(15-19(2,3)14-20)13-17-10-7-9-16-8-5-6-11-18(16)17/h5-11H,4,12-15,20H2,1-3H3. The lowest BCUT2D eigenvalue weighted by molar-refractivity contribution is 0.176. The van der Waals surface area contributed by atoms with E-state index in [0.29, 0.717) is 0 Å². The predicted octanol–water partition coefficient (Wildman–Crippen LogP) is 4.04. The normalized spacial score (nSPS) is 12.2. The molecule has 0 fully saturated rings. The molecule has 2 rings (SSSR count). The number of nitrogens with two attached hydrogens (primary N) is 1. The van der Waals surface area contributed by atoms with Crippen LogP contribution in [0.3, 0.4) is 0 Å². The van der Waals surface area contributed by atoms with Crippen molar-refractivity contribution in [3.05, 3.63) is 48.0 Å². The molecule has 0 aliphatic carbocycles. The van der Waals surface area contributed by atoms with E-state index in [2.05, 4.69) is 68.1 Å². The Hall–Kier alpha value is -1.38. The molecule has 0 spiro atoms. The molecular formula is C19H28N2. The number of benzene rings is 2. The van der Waals surface area contributed by atoms with Crippen LogP contribution >= 0.6 is 0 Å². The number of fused-ring (bicyclic) bond motifs is 1. The number of rotatable bonds is 7. The predicted molar refractivity (Wildman–Crippen MR) is 92.4 cm³/mol. The van der Waals surface area contributed by atoms with Crippen LogP contribution in [0.25, 0.3) is 10.8 Å². The van der Waals surface area contributed by atoms with Crippen LogP contribution in [0.5, 0.6) is 0 Å². The molecule has 2 aromatic rings. The molecule has 2 N–H and O–H groups in total. The van der Waals surface area contributed by atoms with Gasteiger partial charge in [0.15, 0.2) is 0 Å². The van der Waals surface area contributed by atoms with Crippen LogP contribution in [0.2, 0.25) is 0 Å². The van der Waals surface area contributed by atoms with Crippen molar-refractivity contribution in [2.75, 3.05) is 19.6 Å². The second kappa shape index (κ2) is 7.06. The van der Waals surface area contributed by atoms with Crippen LogP contribution < -0.4 is 5.73 Å². The van der Waals surface area contributed by atoms with E-state index in [4.69, 9.17) is 5.73 Å². The van der Waals surface area contributed by atoms with Crippen LogP contribution in [0.4, 0.5) is 0 Å². The van der Waals surface area contributed by atoms with Crippen molar-refractivity contribution in [1.29, 1.82) is 0 Å². The summed E-state index contributed by atoms with van der Waals surface area (Å²) >= 11 is 0. The van der Waals surface area contributed by atoms with Crippen molar-refractivity contribution in [1.82, 2.24) is 4.90 Å². The van der Waals surface area contributed by atoms with Gasteiger partial charge in [-0.1, -0.05) is 63.2 Å². The van der Waals surface area contributed by atoms with Gasteiger partial charge in [-0.2, -0.15) is 0 Å².